The molecule has 1 unspecified atom stereocenters. The van der Waals surface area contributed by atoms with Crippen molar-refractivity contribution in [3.8, 4) is 11.1 Å². The van der Waals surface area contributed by atoms with E-state index in [1.54, 1.807) is 4.90 Å². The van der Waals surface area contributed by atoms with Crippen LogP contribution in [0, 0.1) is 6.92 Å². The molecule has 2 N–H and O–H groups in total. The highest BCUT2D eigenvalue weighted by Crippen LogP contribution is 2.33. The lowest BCUT2D eigenvalue weighted by molar-refractivity contribution is -0.118. The summed E-state index contributed by atoms with van der Waals surface area (Å²) in [5.74, 6) is 0.178. The molecule has 0 spiro atoms. The summed E-state index contributed by atoms with van der Waals surface area (Å²) in [5, 5.41) is 0. The number of nitrogens with zero attached hydrogens (tertiary/aromatic N) is 2. The van der Waals surface area contributed by atoms with Crippen LogP contribution in [0.5, 0.6) is 0 Å². The Morgan fingerprint density at radius 1 is 1.27 bits per heavy atom. The number of amides is 1. The molecule has 0 bridgehead atoms. The average Bonchev–Trinajstić information content (AvgIpc) is 2.50. The molecule has 2 heterocycles. The number of hydrogen-bond acceptors (Lipinski definition) is 3. The highest BCUT2D eigenvalue weighted by Gasteiger charge is 2.21. The fourth-order valence-electron chi connectivity index (χ4n) is 3.12. The first kappa shape index (κ1) is 14.7. The summed E-state index contributed by atoms with van der Waals surface area (Å²) in [5.41, 5.74) is 12.7. The predicted octanol–water partition coefficient (Wildman–Crippen LogP) is 2.99. The van der Waals surface area contributed by atoms with Crippen molar-refractivity contribution < 1.29 is 4.79 Å². The molecule has 0 fully saturated rings. The number of aryl methyl sites for hydroxylation is 1. The summed E-state index contributed by atoms with van der Waals surface area (Å²) in [6.07, 6.45) is 5.10. The van der Waals surface area contributed by atoms with E-state index in [2.05, 4.69) is 24.0 Å². The van der Waals surface area contributed by atoms with E-state index in [1.165, 1.54) is 11.1 Å². The molecule has 0 saturated carbocycles. The van der Waals surface area contributed by atoms with Gasteiger partial charge in [-0.25, -0.2) is 0 Å². The zero-order chi connectivity index (χ0) is 15.9. The fourth-order valence-corrected chi connectivity index (χ4v) is 3.12. The topological polar surface area (TPSA) is 59.2 Å². The van der Waals surface area contributed by atoms with Gasteiger partial charge in [-0.2, -0.15) is 0 Å². The molecule has 4 nitrogen and oxygen atoms in total. The van der Waals surface area contributed by atoms with E-state index in [0.29, 0.717) is 6.42 Å². The van der Waals surface area contributed by atoms with Crippen LogP contribution >= 0.6 is 0 Å². The van der Waals surface area contributed by atoms with Crippen LogP contribution in [-0.2, 0) is 11.2 Å². The summed E-state index contributed by atoms with van der Waals surface area (Å²) < 4.78 is 0. The lowest BCUT2D eigenvalue weighted by Gasteiger charge is -2.26. The molecular formula is C18H21N3O. The number of aromatic nitrogens is 1. The summed E-state index contributed by atoms with van der Waals surface area (Å²) in [4.78, 5) is 17.9. The Kier molecular flexibility index (Phi) is 3.71. The van der Waals surface area contributed by atoms with Crippen molar-refractivity contribution in [1.82, 2.24) is 4.98 Å². The molecule has 4 heteroatoms. The van der Waals surface area contributed by atoms with Gasteiger partial charge in [-0.15, -0.1) is 0 Å². The fraction of sp³-hybridized carbons (Fsp3) is 0.333. The van der Waals surface area contributed by atoms with E-state index in [4.69, 9.17) is 5.73 Å². The smallest absolute Gasteiger partial charge is 0.227 e. The molecule has 1 aliphatic heterocycles. The summed E-state index contributed by atoms with van der Waals surface area (Å²) in [7, 11) is 1.84. The van der Waals surface area contributed by atoms with Crippen molar-refractivity contribution >= 4 is 11.6 Å². The van der Waals surface area contributed by atoms with Gasteiger partial charge in [0.15, 0.2) is 0 Å². The quantitative estimate of drug-likeness (QED) is 0.926. The summed E-state index contributed by atoms with van der Waals surface area (Å²) in [6.45, 7) is 4.06. The first-order valence-corrected chi connectivity index (χ1v) is 7.59. The molecule has 1 aromatic heterocycles. The molecule has 0 saturated heterocycles. The maximum atomic E-state index is 11.8. The number of pyridine rings is 1. The first-order chi connectivity index (χ1) is 10.5. The standard InChI is InChI=1S/C18H21N3O/c1-11-15(12(2)19)9-20-10-16(11)13-4-6-17-14(8-13)5-7-18(22)21(17)3/h4,6,8-10,12H,5,7,19H2,1-3H3. The number of carbonyl (C=O) groups excluding carboxylic acids is 1. The molecule has 1 atom stereocenters. The minimum atomic E-state index is -0.0335. The Morgan fingerprint density at radius 2 is 2.05 bits per heavy atom. The number of fused-ring (bicyclic) bond motifs is 1. The maximum absolute atomic E-state index is 11.8. The van der Waals surface area contributed by atoms with E-state index in [1.807, 2.05) is 32.4 Å². The zero-order valence-electron chi connectivity index (χ0n) is 13.3. The molecule has 2 aromatic rings. The lowest BCUT2D eigenvalue weighted by atomic mass is 9.93. The Hall–Kier alpha value is -2.20. The van der Waals surface area contributed by atoms with Gasteiger partial charge in [0.25, 0.3) is 0 Å². The van der Waals surface area contributed by atoms with Gasteiger partial charge in [0.1, 0.15) is 0 Å². The molecule has 3 rings (SSSR count). The van der Waals surface area contributed by atoms with Crippen LogP contribution in [0.4, 0.5) is 5.69 Å². The van der Waals surface area contributed by atoms with Crippen LogP contribution in [0.25, 0.3) is 11.1 Å². The van der Waals surface area contributed by atoms with Crippen LogP contribution in [0.15, 0.2) is 30.6 Å². The van der Waals surface area contributed by atoms with Crippen LogP contribution in [0.2, 0.25) is 0 Å². The molecular weight excluding hydrogens is 274 g/mol. The van der Waals surface area contributed by atoms with E-state index in [0.717, 1.165) is 28.8 Å². The van der Waals surface area contributed by atoms with Crippen LogP contribution < -0.4 is 10.6 Å². The number of rotatable bonds is 2. The third-order valence-corrected chi connectivity index (χ3v) is 4.48. The minimum Gasteiger partial charge on any atom is -0.324 e. The molecule has 0 aliphatic carbocycles. The van der Waals surface area contributed by atoms with E-state index < -0.39 is 0 Å². The molecule has 1 aliphatic rings. The van der Waals surface area contributed by atoms with Gasteiger partial charge in [-0.05, 0) is 54.7 Å². The van der Waals surface area contributed by atoms with Crippen LogP contribution in [-0.4, -0.2) is 17.9 Å². The van der Waals surface area contributed by atoms with E-state index in [9.17, 15) is 4.79 Å². The third-order valence-electron chi connectivity index (χ3n) is 4.48. The van der Waals surface area contributed by atoms with Crippen molar-refractivity contribution in [2.45, 2.75) is 32.7 Å². The second-order valence-corrected chi connectivity index (χ2v) is 5.99. The Bertz CT molecular complexity index is 737. The number of carbonyl (C=O) groups is 1. The largest absolute Gasteiger partial charge is 0.324 e. The Balaban J connectivity index is 2.08. The highest BCUT2D eigenvalue weighted by molar-refractivity contribution is 5.96. The normalized spacial score (nSPS) is 15.6. The van der Waals surface area contributed by atoms with Gasteiger partial charge in [0, 0.05) is 43.2 Å². The Labute approximate surface area is 131 Å². The number of benzene rings is 1. The van der Waals surface area contributed by atoms with Gasteiger partial charge >= 0.3 is 0 Å². The molecule has 0 radical (unpaired) electrons. The van der Waals surface area contributed by atoms with Gasteiger partial charge in [0.2, 0.25) is 5.91 Å². The van der Waals surface area contributed by atoms with Gasteiger partial charge in [-0.3, -0.25) is 9.78 Å². The van der Waals surface area contributed by atoms with Gasteiger partial charge in [0.05, 0.1) is 0 Å². The zero-order valence-corrected chi connectivity index (χ0v) is 13.3. The minimum absolute atomic E-state index is 0.0335. The SMILES string of the molecule is Cc1c(-c2ccc3c(c2)CCC(=O)N3C)cncc1C(C)N. The highest BCUT2D eigenvalue weighted by atomic mass is 16.2. The van der Waals surface area contributed by atoms with Crippen molar-refractivity contribution in [2.24, 2.45) is 5.73 Å². The third kappa shape index (κ3) is 2.40. The second kappa shape index (κ2) is 5.54. The summed E-state index contributed by atoms with van der Waals surface area (Å²) in [6, 6.07) is 6.23. The molecule has 22 heavy (non-hydrogen) atoms. The lowest BCUT2D eigenvalue weighted by Crippen LogP contribution is -2.30. The summed E-state index contributed by atoms with van der Waals surface area (Å²) >= 11 is 0. The van der Waals surface area contributed by atoms with Crippen LogP contribution in [0.1, 0.15) is 36.1 Å². The monoisotopic (exact) mass is 295 g/mol. The average molecular weight is 295 g/mol. The molecule has 1 amide bonds. The first-order valence-electron chi connectivity index (χ1n) is 7.59. The molecule has 1 aromatic carbocycles. The van der Waals surface area contributed by atoms with E-state index >= 15 is 0 Å². The van der Waals surface area contributed by atoms with Crippen molar-refractivity contribution in [3.05, 3.63) is 47.3 Å². The number of nitrogens with two attached hydrogens (primary N) is 1. The molecule has 114 valence electrons. The van der Waals surface area contributed by atoms with Crippen molar-refractivity contribution in [2.75, 3.05) is 11.9 Å². The van der Waals surface area contributed by atoms with Gasteiger partial charge < -0.3 is 10.6 Å². The van der Waals surface area contributed by atoms with E-state index in [-0.39, 0.29) is 11.9 Å². The van der Waals surface area contributed by atoms with Crippen LogP contribution in [0.3, 0.4) is 0 Å². The number of hydrogen-bond donors (Lipinski definition) is 1. The van der Waals surface area contributed by atoms with Crippen molar-refractivity contribution in [3.63, 3.8) is 0 Å². The predicted molar refractivity (Wildman–Crippen MR) is 88.7 cm³/mol. The maximum Gasteiger partial charge on any atom is 0.227 e. The van der Waals surface area contributed by atoms with Gasteiger partial charge in [-0.1, -0.05) is 6.07 Å². The second-order valence-electron chi connectivity index (χ2n) is 5.99. The van der Waals surface area contributed by atoms with Crippen molar-refractivity contribution in [1.29, 1.82) is 0 Å². The Morgan fingerprint density at radius 3 is 2.77 bits per heavy atom. The number of anilines is 1.